The molecule has 3 rings (SSSR count). The number of hydrogen-bond donors (Lipinski definition) is 0. The summed E-state index contributed by atoms with van der Waals surface area (Å²) in [6.45, 7) is 4.06. The lowest BCUT2D eigenvalue weighted by molar-refractivity contribution is -0.142. The van der Waals surface area contributed by atoms with E-state index in [9.17, 15) is 8.78 Å². The van der Waals surface area contributed by atoms with Crippen molar-refractivity contribution in [1.82, 2.24) is 4.90 Å². The van der Waals surface area contributed by atoms with E-state index in [4.69, 9.17) is 4.74 Å². The van der Waals surface area contributed by atoms with Gasteiger partial charge in [-0.05, 0) is 41.9 Å². The van der Waals surface area contributed by atoms with Crippen LogP contribution in [-0.4, -0.2) is 24.2 Å². The highest BCUT2D eigenvalue weighted by Gasteiger charge is 2.30. The van der Waals surface area contributed by atoms with Gasteiger partial charge in [-0.1, -0.05) is 31.2 Å². The first-order valence-electron chi connectivity index (χ1n) is 7.58. The molecule has 0 spiro atoms. The SMILES string of the molecule is CCN1CCC1OC(c1ccc(F)cc1)c1ccc(F)cc1. The molecule has 0 radical (unpaired) electrons. The predicted octanol–water partition coefficient (Wildman–Crippen LogP) is 4.12. The monoisotopic (exact) mass is 303 g/mol. The van der Waals surface area contributed by atoms with Gasteiger partial charge in [-0.15, -0.1) is 0 Å². The first-order chi connectivity index (χ1) is 10.7. The van der Waals surface area contributed by atoms with Crippen molar-refractivity contribution < 1.29 is 13.5 Å². The minimum atomic E-state index is -0.319. The van der Waals surface area contributed by atoms with Crippen LogP contribution in [0.25, 0.3) is 0 Å². The lowest BCUT2D eigenvalue weighted by Crippen LogP contribution is -2.49. The normalized spacial score (nSPS) is 18.5. The minimum Gasteiger partial charge on any atom is -0.350 e. The first-order valence-corrected chi connectivity index (χ1v) is 7.58. The number of benzene rings is 2. The quantitative estimate of drug-likeness (QED) is 0.824. The molecular formula is C18H19F2NO. The van der Waals surface area contributed by atoms with E-state index >= 15 is 0 Å². The summed E-state index contributed by atoms with van der Waals surface area (Å²) in [5.74, 6) is -0.555. The van der Waals surface area contributed by atoms with Gasteiger partial charge in [0.2, 0.25) is 0 Å². The third-order valence-electron chi connectivity index (χ3n) is 4.12. The number of hydrogen-bond acceptors (Lipinski definition) is 2. The van der Waals surface area contributed by atoms with E-state index in [2.05, 4.69) is 11.8 Å². The largest absolute Gasteiger partial charge is 0.350 e. The van der Waals surface area contributed by atoms with Crippen LogP contribution in [0.3, 0.4) is 0 Å². The zero-order valence-electron chi connectivity index (χ0n) is 12.5. The molecule has 1 atom stereocenters. The Bertz CT molecular complexity index is 564. The van der Waals surface area contributed by atoms with Gasteiger partial charge in [0.25, 0.3) is 0 Å². The van der Waals surface area contributed by atoms with Gasteiger partial charge in [-0.3, -0.25) is 4.90 Å². The fourth-order valence-electron chi connectivity index (χ4n) is 2.71. The smallest absolute Gasteiger partial charge is 0.123 e. The second kappa shape index (κ2) is 6.55. The molecule has 0 aliphatic carbocycles. The summed E-state index contributed by atoms with van der Waals surface area (Å²) in [7, 11) is 0. The molecule has 1 aliphatic rings. The van der Waals surface area contributed by atoms with E-state index < -0.39 is 0 Å². The molecule has 0 saturated carbocycles. The highest BCUT2D eigenvalue weighted by Crippen LogP contribution is 2.31. The Morgan fingerprint density at radius 3 is 1.86 bits per heavy atom. The van der Waals surface area contributed by atoms with Crippen LogP contribution in [0.2, 0.25) is 0 Å². The van der Waals surface area contributed by atoms with Crippen LogP contribution < -0.4 is 0 Å². The van der Waals surface area contributed by atoms with Crippen LogP contribution in [-0.2, 0) is 4.74 Å². The lowest BCUT2D eigenvalue weighted by Gasteiger charge is -2.41. The van der Waals surface area contributed by atoms with E-state index in [0.717, 1.165) is 30.6 Å². The Balaban J connectivity index is 1.87. The fourth-order valence-corrected chi connectivity index (χ4v) is 2.71. The maximum absolute atomic E-state index is 13.2. The second-order valence-electron chi connectivity index (χ2n) is 5.49. The summed E-state index contributed by atoms with van der Waals surface area (Å²) in [5, 5.41) is 0. The van der Waals surface area contributed by atoms with Gasteiger partial charge < -0.3 is 4.74 Å². The highest BCUT2D eigenvalue weighted by atomic mass is 19.1. The summed E-state index contributed by atoms with van der Waals surface area (Å²) in [6, 6.07) is 12.6. The minimum absolute atomic E-state index is 0.0603. The third kappa shape index (κ3) is 3.18. The molecule has 2 aromatic carbocycles. The Kier molecular flexibility index (Phi) is 4.50. The van der Waals surface area contributed by atoms with E-state index in [1.807, 2.05) is 0 Å². The molecule has 22 heavy (non-hydrogen) atoms. The van der Waals surface area contributed by atoms with Crippen molar-refractivity contribution in [2.24, 2.45) is 0 Å². The second-order valence-corrected chi connectivity index (χ2v) is 5.49. The topological polar surface area (TPSA) is 12.5 Å². The molecular weight excluding hydrogens is 284 g/mol. The fraction of sp³-hybridized carbons (Fsp3) is 0.333. The molecule has 0 N–H and O–H groups in total. The van der Waals surface area contributed by atoms with Crippen molar-refractivity contribution in [3.63, 3.8) is 0 Å². The molecule has 1 aliphatic heterocycles. The number of rotatable bonds is 5. The summed E-state index contributed by atoms with van der Waals surface area (Å²) >= 11 is 0. The molecule has 0 aromatic heterocycles. The Morgan fingerprint density at radius 2 is 1.50 bits per heavy atom. The zero-order chi connectivity index (χ0) is 15.5. The maximum Gasteiger partial charge on any atom is 0.123 e. The van der Waals surface area contributed by atoms with Gasteiger partial charge in [0.1, 0.15) is 24.0 Å². The van der Waals surface area contributed by atoms with E-state index in [0.29, 0.717) is 0 Å². The Labute approximate surface area is 129 Å². The van der Waals surface area contributed by atoms with Crippen molar-refractivity contribution in [2.75, 3.05) is 13.1 Å². The molecule has 0 amide bonds. The van der Waals surface area contributed by atoms with Gasteiger partial charge >= 0.3 is 0 Å². The number of likely N-dealkylation sites (tertiary alicyclic amines) is 1. The summed E-state index contributed by atoms with van der Waals surface area (Å²) in [5.41, 5.74) is 1.74. The molecule has 1 unspecified atom stereocenters. The van der Waals surface area contributed by atoms with E-state index in [1.54, 1.807) is 24.3 Å². The van der Waals surface area contributed by atoms with Gasteiger partial charge in [0, 0.05) is 13.0 Å². The first kappa shape index (κ1) is 15.1. The standard InChI is InChI=1S/C18H19F2NO/c1-2-21-12-11-17(21)22-18(13-3-7-15(19)8-4-13)14-5-9-16(20)10-6-14/h3-10,17-18H,2,11-12H2,1H3. The zero-order valence-corrected chi connectivity index (χ0v) is 12.5. The molecule has 1 heterocycles. The van der Waals surface area contributed by atoms with Gasteiger partial charge in [-0.25, -0.2) is 8.78 Å². The van der Waals surface area contributed by atoms with Crippen LogP contribution in [0.15, 0.2) is 48.5 Å². The van der Waals surface area contributed by atoms with Crippen LogP contribution in [0.5, 0.6) is 0 Å². The van der Waals surface area contributed by atoms with Crippen LogP contribution >= 0.6 is 0 Å². The summed E-state index contributed by atoms with van der Waals surface area (Å²) < 4.78 is 32.5. The summed E-state index contributed by atoms with van der Waals surface area (Å²) in [4.78, 5) is 2.24. The van der Waals surface area contributed by atoms with Crippen LogP contribution in [0.1, 0.15) is 30.6 Å². The van der Waals surface area contributed by atoms with E-state index in [-0.39, 0.29) is 24.0 Å². The Morgan fingerprint density at radius 1 is 1.00 bits per heavy atom. The number of halogens is 2. The molecule has 1 fully saturated rings. The molecule has 116 valence electrons. The van der Waals surface area contributed by atoms with Gasteiger partial charge in [0.05, 0.1) is 0 Å². The molecule has 4 heteroatoms. The van der Waals surface area contributed by atoms with Crippen molar-refractivity contribution in [3.8, 4) is 0 Å². The summed E-state index contributed by atoms with van der Waals surface area (Å²) in [6.07, 6.45) is 0.720. The molecule has 2 aromatic rings. The van der Waals surface area contributed by atoms with Gasteiger partial charge in [0.15, 0.2) is 0 Å². The molecule has 0 bridgehead atoms. The van der Waals surface area contributed by atoms with E-state index in [1.165, 1.54) is 24.3 Å². The highest BCUT2D eigenvalue weighted by molar-refractivity contribution is 5.30. The number of nitrogens with zero attached hydrogens (tertiary/aromatic N) is 1. The molecule has 2 nitrogen and oxygen atoms in total. The average Bonchev–Trinajstić information content (AvgIpc) is 2.50. The van der Waals surface area contributed by atoms with Crippen LogP contribution in [0, 0.1) is 11.6 Å². The predicted molar refractivity (Wildman–Crippen MR) is 81.4 cm³/mol. The lowest BCUT2D eigenvalue weighted by atomic mass is 10.0. The van der Waals surface area contributed by atoms with Crippen molar-refractivity contribution in [3.05, 3.63) is 71.3 Å². The Hall–Kier alpha value is -1.78. The maximum atomic E-state index is 13.2. The van der Waals surface area contributed by atoms with Crippen LogP contribution in [0.4, 0.5) is 8.78 Å². The van der Waals surface area contributed by atoms with Crippen molar-refractivity contribution >= 4 is 0 Å². The third-order valence-corrected chi connectivity index (χ3v) is 4.12. The van der Waals surface area contributed by atoms with Crippen molar-refractivity contribution in [1.29, 1.82) is 0 Å². The van der Waals surface area contributed by atoms with Gasteiger partial charge in [-0.2, -0.15) is 0 Å². The molecule has 1 saturated heterocycles. The number of ether oxygens (including phenoxy) is 1. The average molecular weight is 303 g/mol. The van der Waals surface area contributed by atoms with Crippen molar-refractivity contribution in [2.45, 2.75) is 25.7 Å².